The lowest BCUT2D eigenvalue weighted by molar-refractivity contribution is -0.165. The van der Waals surface area contributed by atoms with Crippen LogP contribution in [0.4, 0.5) is 0 Å². The van der Waals surface area contributed by atoms with Gasteiger partial charge in [0.05, 0.1) is 5.92 Å². The van der Waals surface area contributed by atoms with Crippen LogP contribution in [0.25, 0.3) is 0 Å². The summed E-state index contributed by atoms with van der Waals surface area (Å²) in [5, 5.41) is 12.5. The number of hydrogen-bond donors (Lipinski definition) is 1. The minimum Gasteiger partial charge on any atom is -0.511 e. The molecule has 1 heterocycles. The molecule has 11 nitrogen and oxygen atoms in total. The molecule has 2 bridgehead atoms. The zero-order chi connectivity index (χ0) is 36.2. The third-order valence-corrected chi connectivity index (χ3v) is 11.3. The van der Waals surface area contributed by atoms with E-state index in [1.807, 2.05) is 39.0 Å². The van der Waals surface area contributed by atoms with Crippen molar-refractivity contribution in [3.05, 3.63) is 58.4 Å². The molecule has 0 aromatic heterocycles. The highest BCUT2D eigenvalue weighted by atomic mass is 16.6. The maximum Gasteiger partial charge on any atom is 0.346 e. The maximum atomic E-state index is 14.9. The van der Waals surface area contributed by atoms with Gasteiger partial charge in [-0.05, 0) is 55.2 Å². The highest BCUT2D eigenvalue weighted by Crippen LogP contribution is 2.60. The largest absolute Gasteiger partial charge is 0.511 e. The van der Waals surface area contributed by atoms with Crippen molar-refractivity contribution >= 4 is 35.9 Å². The molecule has 1 saturated carbocycles. The Balaban J connectivity index is 1.81. The van der Waals surface area contributed by atoms with E-state index in [9.17, 15) is 33.9 Å². The summed E-state index contributed by atoms with van der Waals surface area (Å²) in [6, 6.07) is 0. The molecule has 4 aliphatic carbocycles. The summed E-state index contributed by atoms with van der Waals surface area (Å²) in [4.78, 5) is 78.0. The first-order valence-electron chi connectivity index (χ1n) is 16.9. The number of hydrogen-bond acceptors (Lipinski definition) is 11. The smallest absolute Gasteiger partial charge is 0.346 e. The number of aldehydes is 1. The van der Waals surface area contributed by atoms with Crippen molar-refractivity contribution in [2.75, 3.05) is 0 Å². The second-order valence-electron chi connectivity index (χ2n) is 14.7. The van der Waals surface area contributed by atoms with Gasteiger partial charge in [0.25, 0.3) is 0 Å². The molecule has 11 atom stereocenters. The average molecular weight is 679 g/mol. The van der Waals surface area contributed by atoms with Crippen LogP contribution in [-0.2, 0) is 47.7 Å². The fourth-order valence-corrected chi connectivity index (χ4v) is 9.40. The van der Waals surface area contributed by atoms with Crippen LogP contribution in [-0.4, -0.2) is 65.0 Å². The molecule has 1 N–H and O–H groups in total. The minimum absolute atomic E-state index is 0.000726. The monoisotopic (exact) mass is 678 g/mol. The summed E-state index contributed by atoms with van der Waals surface area (Å²) >= 11 is 0. The van der Waals surface area contributed by atoms with Gasteiger partial charge in [0, 0.05) is 50.9 Å². The van der Waals surface area contributed by atoms with Gasteiger partial charge >= 0.3 is 23.9 Å². The zero-order valence-electron chi connectivity index (χ0n) is 29.3. The first-order valence-corrected chi connectivity index (χ1v) is 16.9. The van der Waals surface area contributed by atoms with Crippen LogP contribution < -0.4 is 0 Å². The minimum atomic E-state index is -2.05. The molecule has 0 aromatic rings. The lowest BCUT2D eigenvalue weighted by atomic mass is 9.49. The quantitative estimate of drug-likeness (QED) is 0.140. The van der Waals surface area contributed by atoms with Gasteiger partial charge in [0.1, 0.15) is 35.9 Å². The molecule has 264 valence electrons. The van der Waals surface area contributed by atoms with Crippen LogP contribution >= 0.6 is 0 Å². The lowest BCUT2D eigenvalue weighted by Crippen LogP contribution is -2.55. The summed E-state index contributed by atoms with van der Waals surface area (Å²) in [7, 11) is 0. The number of fused-ring (bicyclic) bond motifs is 4. The third-order valence-electron chi connectivity index (χ3n) is 11.3. The van der Waals surface area contributed by atoms with Crippen LogP contribution in [0.15, 0.2) is 58.4 Å². The van der Waals surface area contributed by atoms with E-state index in [0.29, 0.717) is 18.3 Å². The summed E-state index contributed by atoms with van der Waals surface area (Å²) in [5.41, 5.74) is -2.45. The fourth-order valence-electron chi connectivity index (χ4n) is 9.40. The molecule has 5 aliphatic rings. The molecule has 0 amide bonds. The van der Waals surface area contributed by atoms with Crippen LogP contribution in [0.2, 0.25) is 0 Å². The number of aliphatic hydroxyl groups excluding tert-OH is 1. The molecule has 49 heavy (non-hydrogen) atoms. The molecule has 0 aromatic carbocycles. The number of Topliss-reactive ketones (excluding diaryl/α,β-unsaturated/α-hetero) is 1. The van der Waals surface area contributed by atoms with E-state index in [1.165, 1.54) is 26.8 Å². The van der Waals surface area contributed by atoms with Crippen LogP contribution in [0, 0.1) is 40.9 Å². The van der Waals surface area contributed by atoms with Crippen molar-refractivity contribution in [2.24, 2.45) is 40.9 Å². The molecular weight excluding hydrogens is 632 g/mol. The molecule has 0 radical (unpaired) electrons. The van der Waals surface area contributed by atoms with Gasteiger partial charge in [-0.1, -0.05) is 50.6 Å². The Morgan fingerprint density at radius 3 is 2.20 bits per heavy atom. The van der Waals surface area contributed by atoms with Crippen LogP contribution in [0.1, 0.15) is 74.7 Å². The predicted molar refractivity (Wildman–Crippen MR) is 175 cm³/mol. The van der Waals surface area contributed by atoms with Crippen LogP contribution in [0.5, 0.6) is 0 Å². The van der Waals surface area contributed by atoms with Gasteiger partial charge in [0.15, 0.2) is 5.60 Å². The molecule has 1 saturated heterocycles. The standard InChI is InChI=1S/C38H46O11/c1-18-9-12-29(46-22(5)40)19(2)14-28-30(47-23(6)41)15-25(17-39)16-38(28)35(44)31(36(45)49-38)34(43)37(8)27(18)11-10-26-32(37)20(3)13-21(4)33(26)48-24(7)42/h9-11,14-15,17,20-21,26-30,32-33,43H,12-13,16H2,1-8H3/b18-9-,19-14+,34-31+/t20-,21-,26-,27-,28+,29-,30-,32+,33-,37+,38?/m0/s1. The topological polar surface area (TPSA) is 160 Å². The van der Waals surface area contributed by atoms with E-state index in [0.717, 1.165) is 5.57 Å². The molecule has 1 unspecified atom stereocenters. The van der Waals surface area contributed by atoms with E-state index in [1.54, 1.807) is 13.0 Å². The highest BCUT2D eigenvalue weighted by Gasteiger charge is 2.65. The van der Waals surface area contributed by atoms with Gasteiger partial charge in [0.2, 0.25) is 5.78 Å². The Bertz CT molecular complexity index is 1630. The number of allylic oxidation sites excluding steroid dienone is 3. The van der Waals surface area contributed by atoms with Crippen molar-refractivity contribution < 1.29 is 52.8 Å². The second-order valence-corrected chi connectivity index (χ2v) is 14.7. The van der Waals surface area contributed by atoms with Crippen molar-refractivity contribution in [2.45, 2.75) is 98.6 Å². The summed E-state index contributed by atoms with van der Waals surface area (Å²) in [6.45, 7) is 13.3. The first kappa shape index (κ1) is 36.0. The number of carbonyl (C=O) groups excluding carboxylic acids is 6. The summed E-state index contributed by atoms with van der Waals surface area (Å²) in [6.07, 6.45) is 7.47. The van der Waals surface area contributed by atoms with Crippen LogP contribution in [0.3, 0.4) is 0 Å². The summed E-state index contributed by atoms with van der Waals surface area (Å²) < 4.78 is 23.2. The third kappa shape index (κ3) is 6.10. The second kappa shape index (κ2) is 13.2. The number of carbonyl (C=O) groups is 6. The van der Waals surface area contributed by atoms with Gasteiger partial charge in [-0.15, -0.1) is 0 Å². The van der Waals surface area contributed by atoms with E-state index in [-0.39, 0.29) is 36.2 Å². The molecule has 11 heteroatoms. The van der Waals surface area contributed by atoms with Crippen molar-refractivity contribution in [1.82, 2.24) is 0 Å². The van der Waals surface area contributed by atoms with Gasteiger partial charge in [-0.25, -0.2) is 4.79 Å². The average Bonchev–Trinajstić information content (AvgIpc) is 3.25. The summed E-state index contributed by atoms with van der Waals surface area (Å²) in [5.74, 6) is -6.45. The number of ether oxygens (including phenoxy) is 4. The predicted octanol–water partition coefficient (Wildman–Crippen LogP) is 5.00. The molecular formula is C38H46O11. The highest BCUT2D eigenvalue weighted by molar-refractivity contribution is 6.26. The molecule has 5 rings (SSSR count). The van der Waals surface area contributed by atoms with E-state index < -0.39 is 88.1 Å². The van der Waals surface area contributed by atoms with Gasteiger partial charge in [-0.2, -0.15) is 0 Å². The number of ketones is 1. The Hall–Kier alpha value is -4.28. The zero-order valence-corrected chi connectivity index (χ0v) is 29.3. The first-order chi connectivity index (χ1) is 23.0. The van der Waals surface area contributed by atoms with E-state index in [2.05, 4.69) is 6.92 Å². The molecule has 1 aliphatic heterocycles. The molecule has 2 fully saturated rings. The number of rotatable bonds is 4. The van der Waals surface area contributed by atoms with Crippen molar-refractivity contribution in [3.8, 4) is 0 Å². The Morgan fingerprint density at radius 2 is 1.59 bits per heavy atom. The number of esters is 4. The Kier molecular flexibility index (Phi) is 9.71. The SMILES string of the molecule is CC(=O)O[C@@H]1[C@H]2C=C[C@H]3/C(C)=C\C[C@H](OC(C)=O)/C(C)=C/[C@@H]4[C@@H](OC(C)=O)C=C(C=O)CC45OC(=O)/C(=C(/O)[C@@]3(C)[C@@H]2[C@@H](C)C[C@@H]1C)C5=O. The molecule has 1 spiro atoms. The normalized spacial score (nSPS) is 42.4. The van der Waals surface area contributed by atoms with E-state index in [4.69, 9.17) is 18.9 Å². The van der Waals surface area contributed by atoms with Crippen molar-refractivity contribution in [1.29, 1.82) is 0 Å². The van der Waals surface area contributed by atoms with Gasteiger partial charge in [-0.3, -0.25) is 24.0 Å². The van der Waals surface area contributed by atoms with Gasteiger partial charge < -0.3 is 24.1 Å². The number of aliphatic hydroxyl groups is 1. The fraction of sp³-hybridized carbons (Fsp3) is 0.579. The maximum absolute atomic E-state index is 14.9. The van der Waals surface area contributed by atoms with E-state index >= 15 is 0 Å². The Labute approximate surface area is 286 Å². The van der Waals surface area contributed by atoms with Crippen molar-refractivity contribution in [3.63, 3.8) is 0 Å². The Morgan fingerprint density at radius 1 is 0.939 bits per heavy atom. The lowest BCUT2D eigenvalue weighted by Gasteiger charge is -2.56.